The molecule has 0 N–H and O–H groups in total. The van der Waals surface area contributed by atoms with E-state index < -0.39 is 15.0 Å². The Kier molecular flexibility index (Phi) is 13.3. The minimum atomic E-state index is -3.77. The van der Waals surface area contributed by atoms with E-state index in [0.29, 0.717) is 6.42 Å². The van der Waals surface area contributed by atoms with Gasteiger partial charge in [-0.15, -0.1) is 0 Å². The molecule has 0 aliphatic rings. The van der Waals surface area contributed by atoms with Crippen molar-refractivity contribution in [3.05, 3.63) is 12.7 Å². The second kappa shape index (κ2) is 13.8. The van der Waals surface area contributed by atoms with Crippen LogP contribution >= 0.6 is 0 Å². The molecule has 0 saturated carbocycles. The minimum absolute atomic E-state index is 0.115. The average Bonchev–Trinajstić information content (AvgIpc) is 2.55. The van der Waals surface area contributed by atoms with E-state index in [2.05, 4.69) is 6.58 Å². The second-order valence-electron chi connectivity index (χ2n) is 3.54. The molecule has 9 nitrogen and oxygen atoms in total. The zero-order valence-electron chi connectivity index (χ0n) is 13.2. The maximum atomic E-state index is 10.9. The third-order valence-corrected chi connectivity index (χ3v) is 3.34. The molecule has 22 heavy (non-hydrogen) atoms. The highest BCUT2D eigenvalue weighted by Crippen LogP contribution is 2.14. The molecule has 0 aromatic heterocycles. The van der Waals surface area contributed by atoms with Gasteiger partial charge in [0.15, 0.2) is 0 Å². The molecule has 0 bridgehead atoms. The topological polar surface area (TPSA) is 90.9 Å². The molecule has 0 amide bonds. The van der Waals surface area contributed by atoms with Crippen LogP contribution in [0.15, 0.2) is 12.7 Å². The minimum Gasteiger partial charge on any atom is -0.462 e. The normalized spacial score (nSPS) is 11.4. The number of esters is 1. The van der Waals surface area contributed by atoms with Gasteiger partial charge in [0.05, 0.1) is 26.4 Å². The van der Waals surface area contributed by atoms with Crippen molar-refractivity contribution in [1.82, 2.24) is 0 Å². The monoisotopic (exact) mass is 340 g/mol. The molecular weight excluding hydrogens is 316 g/mol. The number of rotatable bonds is 15. The number of hydrogen-bond acceptors (Lipinski definition) is 9. The van der Waals surface area contributed by atoms with Crippen molar-refractivity contribution in [2.24, 2.45) is 0 Å². The Bertz CT molecular complexity index is 279. The molecule has 0 aliphatic carbocycles. The Morgan fingerprint density at radius 1 is 0.955 bits per heavy atom. The van der Waals surface area contributed by atoms with Gasteiger partial charge in [0, 0.05) is 19.1 Å². The lowest BCUT2D eigenvalue weighted by molar-refractivity contribution is -0.385. The Labute approximate surface area is 131 Å². The maximum absolute atomic E-state index is 10.9. The van der Waals surface area contributed by atoms with Gasteiger partial charge in [0.25, 0.3) is 0 Å². The van der Waals surface area contributed by atoms with Gasteiger partial charge < -0.3 is 9.16 Å². The van der Waals surface area contributed by atoms with Crippen molar-refractivity contribution < 1.29 is 42.4 Å². The Balaban J connectivity index is 4.38. The second-order valence-corrected chi connectivity index (χ2v) is 5.33. The van der Waals surface area contributed by atoms with Crippen molar-refractivity contribution in [2.75, 3.05) is 33.0 Å². The first-order valence-electron chi connectivity index (χ1n) is 6.99. The van der Waals surface area contributed by atoms with Crippen LogP contribution in [-0.4, -0.2) is 48.1 Å². The molecule has 0 heterocycles. The van der Waals surface area contributed by atoms with Crippen molar-refractivity contribution in [1.29, 1.82) is 0 Å². The molecule has 0 spiro atoms. The van der Waals surface area contributed by atoms with Crippen LogP contribution in [0, 0.1) is 0 Å². The van der Waals surface area contributed by atoms with Crippen molar-refractivity contribution in [3.63, 3.8) is 0 Å². The fraction of sp³-hybridized carbons (Fsp3) is 0.750. The third-order valence-electron chi connectivity index (χ3n) is 1.82. The first kappa shape index (κ1) is 21.1. The van der Waals surface area contributed by atoms with Gasteiger partial charge in [-0.1, -0.05) is 6.58 Å². The standard InChI is InChI=1S/C12H24O9Si/c1-5-12(13)14-10-9-11-18-22(19-15-6-2,20-16-7-3)21-17-8-4/h5H,1,6-11H2,2-4H3. The van der Waals surface area contributed by atoms with Crippen molar-refractivity contribution >= 4 is 15.0 Å². The summed E-state index contributed by atoms with van der Waals surface area (Å²) in [6.45, 7) is 9.46. The van der Waals surface area contributed by atoms with Crippen LogP contribution in [0.25, 0.3) is 0 Å². The van der Waals surface area contributed by atoms with Crippen LogP contribution in [0.2, 0.25) is 0 Å². The fourth-order valence-electron chi connectivity index (χ4n) is 0.995. The number of carbonyl (C=O) groups excluding carboxylic acids is 1. The van der Waals surface area contributed by atoms with E-state index in [1.165, 1.54) is 0 Å². The predicted octanol–water partition coefficient (Wildman–Crippen LogP) is 1.46. The zero-order valence-corrected chi connectivity index (χ0v) is 14.2. The van der Waals surface area contributed by atoms with E-state index in [0.717, 1.165) is 6.08 Å². The summed E-state index contributed by atoms with van der Waals surface area (Å²) in [4.78, 5) is 25.4. The molecule has 10 heteroatoms. The highest BCUT2D eigenvalue weighted by molar-refractivity contribution is 6.52. The number of ether oxygens (including phenoxy) is 1. The summed E-state index contributed by atoms with van der Waals surface area (Å²) in [5.74, 6) is -0.509. The highest BCUT2D eigenvalue weighted by atomic mass is 28.4. The van der Waals surface area contributed by atoms with Crippen LogP contribution < -0.4 is 0 Å². The van der Waals surface area contributed by atoms with Crippen molar-refractivity contribution in [3.8, 4) is 0 Å². The number of carbonyl (C=O) groups is 1. The molecule has 0 atom stereocenters. The third kappa shape index (κ3) is 9.97. The van der Waals surface area contributed by atoms with Crippen LogP contribution in [0.4, 0.5) is 0 Å². The van der Waals surface area contributed by atoms with Gasteiger partial charge >= 0.3 is 15.0 Å². The summed E-state index contributed by atoms with van der Waals surface area (Å²) < 4.78 is 25.3. The summed E-state index contributed by atoms with van der Waals surface area (Å²) in [5.41, 5.74) is 0. The quantitative estimate of drug-likeness (QED) is 0.110. The molecular formula is C12H24O9Si. The van der Waals surface area contributed by atoms with E-state index in [9.17, 15) is 4.79 Å². The summed E-state index contributed by atoms with van der Waals surface area (Å²) in [6, 6.07) is 0. The molecule has 0 aromatic carbocycles. The largest absolute Gasteiger partial charge is 0.764 e. The molecule has 130 valence electrons. The van der Waals surface area contributed by atoms with Crippen LogP contribution in [0.3, 0.4) is 0 Å². The smallest absolute Gasteiger partial charge is 0.462 e. The van der Waals surface area contributed by atoms with Crippen LogP contribution in [0.5, 0.6) is 0 Å². The maximum Gasteiger partial charge on any atom is 0.764 e. The lowest BCUT2D eigenvalue weighted by atomic mass is 10.5. The van der Waals surface area contributed by atoms with Gasteiger partial charge in [-0.25, -0.2) is 19.5 Å². The predicted molar refractivity (Wildman–Crippen MR) is 75.6 cm³/mol. The number of hydrogen-bond donors (Lipinski definition) is 0. The van der Waals surface area contributed by atoms with Crippen LogP contribution in [0.1, 0.15) is 27.2 Å². The van der Waals surface area contributed by atoms with Crippen LogP contribution in [-0.2, 0) is 42.4 Å². The van der Waals surface area contributed by atoms with E-state index in [1.54, 1.807) is 20.8 Å². The molecule has 0 aliphatic heterocycles. The molecule has 0 radical (unpaired) electrons. The lowest BCUT2D eigenvalue weighted by Gasteiger charge is -2.23. The van der Waals surface area contributed by atoms with Gasteiger partial charge in [-0.2, -0.15) is 13.7 Å². The fourth-order valence-corrected chi connectivity index (χ4v) is 2.40. The first-order valence-corrected chi connectivity index (χ1v) is 8.62. The Morgan fingerprint density at radius 2 is 1.45 bits per heavy atom. The van der Waals surface area contributed by atoms with E-state index >= 15 is 0 Å². The Hall–Kier alpha value is -0.853. The van der Waals surface area contributed by atoms with Gasteiger partial charge in [-0.05, 0) is 20.8 Å². The van der Waals surface area contributed by atoms with Gasteiger partial charge in [-0.3, -0.25) is 0 Å². The van der Waals surface area contributed by atoms with Crippen molar-refractivity contribution in [2.45, 2.75) is 27.2 Å². The zero-order chi connectivity index (χ0) is 16.7. The van der Waals surface area contributed by atoms with E-state index in [4.69, 9.17) is 37.6 Å². The molecule has 0 rings (SSSR count). The summed E-state index contributed by atoms with van der Waals surface area (Å²) in [6.07, 6.45) is 1.46. The summed E-state index contributed by atoms with van der Waals surface area (Å²) in [7, 11) is -3.77. The molecule has 0 aromatic rings. The van der Waals surface area contributed by atoms with Gasteiger partial charge in [0.1, 0.15) is 0 Å². The summed E-state index contributed by atoms with van der Waals surface area (Å²) in [5, 5.41) is 0. The molecule has 0 fully saturated rings. The SMILES string of the molecule is C=CC(=O)OCCCO[Si](OOCC)(OOCC)OOCC. The lowest BCUT2D eigenvalue weighted by Crippen LogP contribution is -2.49. The highest BCUT2D eigenvalue weighted by Gasteiger charge is 2.52. The Morgan fingerprint density at radius 3 is 1.86 bits per heavy atom. The first-order chi connectivity index (χ1) is 10.6. The molecule has 0 unspecified atom stereocenters. The summed E-state index contributed by atoms with van der Waals surface area (Å²) >= 11 is 0. The van der Waals surface area contributed by atoms with E-state index in [-0.39, 0.29) is 33.0 Å². The van der Waals surface area contributed by atoms with E-state index in [1.807, 2.05) is 0 Å². The molecule has 0 saturated heterocycles. The van der Waals surface area contributed by atoms with Gasteiger partial charge in [0.2, 0.25) is 0 Å². The average molecular weight is 340 g/mol.